The molecule has 0 N–H and O–H groups in total. The van der Waals surface area contributed by atoms with Crippen molar-refractivity contribution in [1.82, 2.24) is 4.90 Å². The number of rotatable bonds is 12. The Morgan fingerprint density at radius 2 is 1.25 bits per heavy atom. The zero-order valence-electron chi connectivity index (χ0n) is 23.8. The van der Waals surface area contributed by atoms with Gasteiger partial charge < -0.3 is 14.4 Å². The Bertz CT molecular complexity index is 1600. The maximum absolute atomic E-state index is 14.0. The number of benzodiazepines with no additional fused rings is 1. The minimum absolute atomic E-state index is 0.0446. The zero-order chi connectivity index (χ0) is 31.1. The second-order valence-corrected chi connectivity index (χ2v) is 9.87. The van der Waals surface area contributed by atoms with Crippen LogP contribution in [0.1, 0.15) is 11.1 Å². The zero-order valence-corrected chi connectivity index (χ0v) is 23.8. The Kier molecular flexibility index (Phi) is 9.21. The van der Waals surface area contributed by atoms with Gasteiger partial charge >= 0.3 is 0 Å². The van der Waals surface area contributed by atoms with Gasteiger partial charge in [-0.25, -0.2) is 0 Å². The van der Waals surface area contributed by atoms with Crippen LogP contribution in [0.2, 0.25) is 0 Å². The second-order valence-electron chi connectivity index (χ2n) is 9.87. The number of nitro groups is 2. The number of para-hydroxylation sites is 1. The molecule has 5 rings (SSSR count). The topological polar surface area (TPSA) is 141 Å². The van der Waals surface area contributed by atoms with E-state index in [1.807, 2.05) is 59.5 Å². The molecule has 0 aromatic heterocycles. The van der Waals surface area contributed by atoms with Crippen molar-refractivity contribution in [1.29, 1.82) is 0 Å². The van der Waals surface area contributed by atoms with Gasteiger partial charge in [-0.15, -0.1) is 0 Å². The normalized spacial score (nSPS) is 14.4. The number of non-ortho nitro benzene ring substituents is 2. The van der Waals surface area contributed by atoms with Crippen LogP contribution in [0.4, 0.5) is 17.1 Å². The summed E-state index contributed by atoms with van der Waals surface area (Å²) in [5, 5.41) is 22.0. The number of nitrogens with zero attached hydrogens (tertiary/aromatic N) is 5. The van der Waals surface area contributed by atoms with Crippen molar-refractivity contribution in [2.24, 2.45) is 4.99 Å². The number of hydrogen-bond acceptors (Lipinski definition) is 9. The number of hydrogen-bond donors (Lipinski definition) is 0. The Morgan fingerprint density at radius 3 is 1.77 bits per heavy atom. The summed E-state index contributed by atoms with van der Waals surface area (Å²) < 4.78 is 11.8. The highest BCUT2D eigenvalue weighted by molar-refractivity contribution is 6.20. The second kappa shape index (κ2) is 13.6. The maximum atomic E-state index is 14.0. The maximum Gasteiger partial charge on any atom is 0.269 e. The van der Waals surface area contributed by atoms with Crippen molar-refractivity contribution in [3.05, 3.63) is 134 Å². The van der Waals surface area contributed by atoms with E-state index in [1.54, 1.807) is 11.9 Å². The molecule has 0 radical (unpaired) electrons. The van der Waals surface area contributed by atoms with E-state index in [0.717, 1.165) is 16.8 Å². The molecule has 0 fully saturated rings. The molecule has 1 aliphatic heterocycles. The molecule has 12 nitrogen and oxygen atoms in total. The first-order valence-electron chi connectivity index (χ1n) is 13.8. The molecule has 1 amide bonds. The summed E-state index contributed by atoms with van der Waals surface area (Å²) in [5.41, 5.74) is 2.99. The standard InChI is InChI=1S/C32H29N5O7/c1-34-29-10-6-5-9-28(29)30(23-7-3-2-4-8-23)33-31(32(34)38)35(19-21-43-26-15-11-24(12-16-26)36(39)40)20-22-44-27-17-13-25(14-18-27)37(41)42/h2-18,31H,19-22H2,1H3. The molecule has 44 heavy (non-hydrogen) atoms. The monoisotopic (exact) mass is 595 g/mol. The number of anilines is 1. The van der Waals surface area contributed by atoms with E-state index in [1.165, 1.54) is 48.5 Å². The molecule has 4 aromatic carbocycles. The van der Waals surface area contributed by atoms with Crippen LogP contribution in [-0.2, 0) is 4.79 Å². The lowest BCUT2D eigenvalue weighted by molar-refractivity contribution is -0.385. The summed E-state index contributed by atoms with van der Waals surface area (Å²) in [6.45, 7) is 0.859. The van der Waals surface area contributed by atoms with Crippen LogP contribution in [0.3, 0.4) is 0 Å². The lowest BCUT2D eigenvalue weighted by atomic mass is 10.0. The van der Waals surface area contributed by atoms with Crippen molar-refractivity contribution in [2.45, 2.75) is 6.17 Å². The van der Waals surface area contributed by atoms with E-state index in [9.17, 15) is 25.0 Å². The Labute approximate surface area is 253 Å². The van der Waals surface area contributed by atoms with Gasteiger partial charge in [0, 0.05) is 55.5 Å². The van der Waals surface area contributed by atoms with Crippen LogP contribution in [-0.4, -0.2) is 65.9 Å². The molecular weight excluding hydrogens is 566 g/mol. The summed E-state index contributed by atoms with van der Waals surface area (Å²) >= 11 is 0. The Balaban J connectivity index is 1.42. The largest absolute Gasteiger partial charge is 0.492 e. The number of nitro benzene ring substituents is 2. The smallest absolute Gasteiger partial charge is 0.269 e. The third-order valence-electron chi connectivity index (χ3n) is 7.11. The predicted octanol–water partition coefficient (Wildman–Crippen LogP) is 5.10. The van der Waals surface area contributed by atoms with Crippen molar-refractivity contribution < 1.29 is 24.1 Å². The van der Waals surface area contributed by atoms with Crippen molar-refractivity contribution in [2.75, 3.05) is 38.3 Å². The van der Waals surface area contributed by atoms with Crippen molar-refractivity contribution in [3.63, 3.8) is 0 Å². The fourth-order valence-corrected chi connectivity index (χ4v) is 4.82. The van der Waals surface area contributed by atoms with Gasteiger partial charge in [0.1, 0.15) is 24.7 Å². The van der Waals surface area contributed by atoms with E-state index in [-0.39, 0.29) is 43.6 Å². The van der Waals surface area contributed by atoms with Crippen LogP contribution in [0.15, 0.2) is 108 Å². The van der Waals surface area contributed by atoms with Gasteiger partial charge in [-0.05, 0) is 30.3 Å². The third-order valence-corrected chi connectivity index (χ3v) is 7.11. The highest BCUT2D eigenvalue weighted by Gasteiger charge is 2.34. The molecule has 0 saturated heterocycles. The van der Waals surface area contributed by atoms with E-state index in [2.05, 4.69) is 0 Å². The number of carbonyl (C=O) groups excluding carboxylic acids is 1. The lowest BCUT2D eigenvalue weighted by Crippen LogP contribution is -2.49. The van der Waals surface area contributed by atoms with Crippen molar-refractivity contribution in [3.8, 4) is 11.5 Å². The third kappa shape index (κ3) is 6.88. The van der Waals surface area contributed by atoms with Crippen LogP contribution >= 0.6 is 0 Å². The molecule has 0 saturated carbocycles. The fourth-order valence-electron chi connectivity index (χ4n) is 4.82. The number of ether oxygens (including phenoxy) is 2. The minimum Gasteiger partial charge on any atom is -0.492 e. The summed E-state index contributed by atoms with van der Waals surface area (Å²) in [5.74, 6) is 0.653. The summed E-state index contributed by atoms with van der Waals surface area (Å²) in [4.78, 5) is 43.5. The summed E-state index contributed by atoms with van der Waals surface area (Å²) in [7, 11) is 1.72. The first-order chi connectivity index (χ1) is 21.3. The highest BCUT2D eigenvalue weighted by atomic mass is 16.6. The number of fused-ring (bicyclic) bond motifs is 1. The average molecular weight is 596 g/mol. The first kappa shape index (κ1) is 29.9. The molecule has 0 aliphatic carbocycles. The SMILES string of the molecule is CN1C(=O)C(N(CCOc2ccc([N+](=O)[O-])cc2)CCOc2ccc([N+](=O)[O-])cc2)N=C(c2ccccc2)c2ccccc21. The highest BCUT2D eigenvalue weighted by Crippen LogP contribution is 2.29. The molecule has 1 unspecified atom stereocenters. The van der Waals surface area contributed by atoms with Gasteiger partial charge in [-0.1, -0.05) is 48.5 Å². The number of amides is 1. The predicted molar refractivity (Wildman–Crippen MR) is 164 cm³/mol. The molecular formula is C32H29N5O7. The van der Waals surface area contributed by atoms with E-state index >= 15 is 0 Å². The molecule has 12 heteroatoms. The summed E-state index contributed by atoms with van der Waals surface area (Å²) in [6.07, 6.45) is -0.927. The lowest BCUT2D eigenvalue weighted by Gasteiger charge is -2.30. The minimum atomic E-state index is -0.927. The van der Waals surface area contributed by atoms with Crippen LogP contribution < -0.4 is 14.4 Å². The van der Waals surface area contributed by atoms with Gasteiger partial charge in [0.05, 0.1) is 21.2 Å². The van der Waals surface area contributed by atoms with Gasteiger partial charge in [0.25, 0.3) is 17.3 Å². The van der Waals surface area contributed by atoms with Gasteiger partial charge in [-0.2, -0.15) is 0 Å². The van der Waals surface area contributed by atoms with Crippen molar-refractivity contribution >= 4 is 28.7 Å². The number of likely N-dealkylation sites (N-methyl/N-ethyl adjacent to an activating group) is 1. The summed E-state index contributed by atoms with van der Waals surface area (Å²) in [6, 6.07) is 28.8. The quantitative estimate of drug-likeness (QED) is 0.163. The number of benzene rings is 4. The number of aliphatic imine (C=N–C) groups is 1. The molecule has 224 valence electrons. The Hall–Kier alpha value is -5.62. The van der Waals surface area contributed by atoms with Crippen LogP contribution in [0.5, 0.6) is 11.5 Å². The van der Waals surface area contributed by atoms with Crippen LogP contribution in [0, 0.1) is 20.2 Å². The molecule has 1 atom stereocenters. The van der Waals surface area contributed by atoms with Gasteiger partial charge in [0.2, 0.25) is 0 Å². The van der Waals surface area contributed by atoms with E-state index in [0.29, 0.717) is 17.2 Å². The Morgan fingerprint density at radius 1 is 0.750 bits per heavy atom. The number of carbonyl (C=O) groups is 1. The van der Waals surface area contributed by atoms with Gasteiger partial charge in [-0.3, -0.25) is 34.9 Å². The van der Waals surface area contributed by atoms with Crippen LogP contribution in [0.25, 0.3) is 0 Å². The molecule has 1 heterocycles. The fraction of sp³-hybridized carbons (Fsp3) is 0.188. The van der Waals surface area contributed by atoms with E-state index < -0.39 is 16.0 Å². The average Bonchev–Trinajstić information content (AvgIpc) is 3.15. The molecule has 4 aromatic rings. The molecule has 1 aliphatic rings. The molecule has 0 spiro atoms. The molecule has 0 bridgehead atoms. The van der Waals surface area contributed by atoms with Gasteiger partial charge in [0.15, 0.2) is 6.17 Å². The first-order valence-corrected chi connectivity index (χ1v) is 13.8. The van der Waals surface area contributed by atoms with E-state index in [4.69, 9.17) is 14.5 Å².